The van der Waals surface area contributed by atoms with Gasteiger partial charge in [-0.3, -0.25) is 0 Å². The molecular weight excluding hydrogens is 437 g/mol. The molecule has 0 aliphatic carbocycles. The molecular formula is C16H26IN5OS. The van der Waals surface area contributed by atoms with Crippen LogP contribution in [0.15, 0.2) is 9.41 Å². The highest BCUT2D eigenvalue weighted by molar-refractivity contribution is 14.0. The highest BCUT2D eigenvalue weighted by Crippen LogP contribution is 2.17. The van der Waals surface area contributed by atoms with Crippen LogP contribution in [0.25, 0.3) is 0 Å². The van der Waals surface area contributed by atoms with Crippen molar-refractivity contribution >= 4 is 41.3 Å². The number of hydrogen-bond acceptors (Lipinski definition) is 5. The third-order valence-corrected chi connectivity index (χ3v) is 4.57. The number of hydrogen-bond donors (Lipinski definition) is 2. The zero-order chi connectivity index (χ0) is 16.8. The van der Waals surface area contributed by atoms with Crippen LogP contribution in [-0.2, 0) is 13.0 Å². The second-order valence-corrected chi connectivity index (χ2v) is 6.65. The molecule has 6 nitrogen and oxygen atoms in total. The summed E-state index contributed by atoms with van der Waals surface area (Å²) < 4.78 is 5.55. The predicted molar refractivity (Wildman–Crippen MR) is 110 cm³/mol. The fourth-order valence-corrected chi connectivity index (χ4v) is 3.13. The topological polar surface area (TPSA) is 75.3 Å². The van der Waals surface area contributed by atoms with Crippen molar-refractivity contribution in [3.63, 3.8) is 0 Å². The van der Waals surface area contributed by atoms with Gasteiger partial charge in [0.1, 0.15) is 12.3 Å². The third kappa shape index (κ3) is 6.04. The molecule has 2 rings (SSSR count). The van der Waals surface area contributed by atoms with Gasteiger partial charge < -0.3 is 15.1 Å². The molecule has 2 heterocycles. The second kappa shape index (κ2) is 9.97. The summed E-state index contributed by atoms with van der Waals surface area (Å²) in [4.78, 5) is 14.7. The first-order chi connectivity index (χ1) is 11.0. The molecule has 0 fully saturated rings. The summed E-state index contributed by atoms with van der Waals surface area (Å²) in [5, 5.41) is 7.70. The highest BCUT2D eigenvalue weighted by atomic mass is 127. The van der Waals surface area contributed by atoms with Crippen LogP contribution in [0.1, 0.15) is 39.8 Å². The predicted octanol–water partition coefficient (Wildman–Crippen LogP) is 3.28. The van der Waals surface area contributed by atoms with Crippen molar-refractivity contribution < 1.29 is 4.42 Å². The van der Waals surface area contributed by atoms with Gasteiger partial charge in [-0.25, -0.2) is 15.0 Å². The summed E-state index contributed by atoms with van der Waals surface area (Å²) in [6.45, 7) is 12.1. The minimum Gasteiger partial charge on any atom is -0.444 e. The molecule has 8 heteroatoms. The van der Waals surface area contributed by atoms with Gasteiger partial charge in [0, 0.05) is 24.4 Å². The number of halogens is 1. The Kier molecular flexibility index (Phi) is 8.68. The maximum atomic E-state index is 5.55. The molecule has 0 atom stereocenters. The molecule has 0 bridgehead atoms. The summed E-state index contributed by atoms with van der Waals surface area (Å²) >= 11 is 1.76. The van der Waals surface area contributed by atoms with Gasteiger partial charge in [-0.1, -0.05) is 0 Å². The first-order valence-electron chi connectivity index (χ1n) is 7.87. The molecule has 0 spiro atoms. The summed E-state index contributed by atoms with van der Waals surface area (Å²) in [5.41, 5.74) is 2.05. The van der Waals surface area contributed by atoms with Gasteiger partial charge in [0.15, 0.2) is 5.96 Å². The van der Waals surface area contributed by atoms with Gasteiger partial charge in [0.05, 0.1) is 16.4 Å². The lowest BCUT2D eigenvalue weighted by Crippen LogP contribution is -2.38. The van der Waals surface area contributed by atoms with Gasteiger partial charge in [-0.2, -0.15) is 0 Å². The Labute approximate surface area is 164 Å². The second-order valence-electron chi connectivity index (χ2n) is 5.36. The van der Waals surface area contributed by atoms with E-state index in [0.717, 1.165) is 47.6 Å². The molecule has 2 N–H and O–H groups in total. The van der Waals surface area contributed by atoms with E-state index in [1.54, 1.807) is 11.3 Å². The van der Waals surface area contributed by atoms with Gasteiger partial charge in [-0.05, 0) is 34.6 Å². The standard InChI is InChI=1S/C16H25N5OS.HI/c1-6-17-16(19-9-15-21-10(2)12(4)22-15)18-8-7-14-11(3)20-13(5)23-14;/h6-9H2,1-5H3,(H2,17,18,19);1H. The lowest BCUT2D eigenvalue weighted by atomic mass is 10.3. The molecule has 0 aromatic carbocycles. The zero-order valence-corrected chi connectivity index (χ0v) is 18.0. The molecule has 0 aliphatic heterocycles. The molecule has 2 aromatic rings. The van der Waals surface area contributed by atoms with Crippen molar-refractivity contribution in [3.05, 3.63) is 32.9 Å². The van der Waals surface area contributed by atoms with E-state index >= 15 is 0 Å². The summed E-state index contributed by atoms with van der Waals surface area (Å²) in [6, 6.07) is 0. The minimum absolute atomic E-state index is 0. The van der Waals surface area contributed by atoms with Crippen LogP contribution in [0, 0.1) is 27.7 Å². The van der Waals surface area contributed by atoms with Crippen LogP contribution in [0.4, 0.5) is 0 Å². The number of nitrogens with zero attached hydrogens (tertiary/aromatic N) is 3. The number of guanidine groups is 1. The van der Waals surface area contributed by atoms with E-state index in [4.69, 9.17) is 4.42 Å². The van der Waals surface area contributed by atoms with Gasteiger partial charge in [0.2, 0.25) is 5.89 Å². The van der Waals surface area contributed by atoms with Crippen molar-refractivity contribution in [2.45, 2.75) is 47.6 Å². The van der Waals surface area contributed by atoms with Crippen molar-refractivity contribution in [1.29, 1.82) is 0 Å². The first kappa shape index (κ1) is 20.9. The van der Waals surface area contributed by atoms with Crippen LogP contribution in [-0.4, -0.2) is 29.0 Å². The molecule has 0 saturated heterocycles. The van der Waals surface area contributed by atoms with Crippen molar-refractivity contribution in [2.24, 2.45) is 4.99 Å². The molecule has 2 aromatic heterocycles. The van der Waals surface area contributed by atoms with E-state index in [-0.39, 0.29) is 24.0 Å². The molecule has 24 heavy (non-hydrogen) atoms. The van der Waals surface area contributed by atoms with E-state index in [9.17, 15) is 0 Å². The largest absolute Gasteiger partial charge is 0.444 e. The van der Waals surface area contributed by atoms with E-state index < -0.39 is 0 Å². The lowest BCUT2D eigenvalue weighted by molar-refractivity contribution is 0.473. The number of aliphatic imine (C=N–C) groups is 1. The number of oxazole rings is 1. The molecule has 0 amide bonds. The minimum atomic E-state index is 0. The van der Waals surface area contributed by atoms with E-state index in [0.29, 0.717) is 12.4 Å². The zero-order valence-electron chi connectivity index (χ0n) is 14.9. The number of rotatable bonds is 6. The maximum Gasteiger partial charge on any atom is 0.216 e. The Morgan fingerprint density at radius 1 is 1.12 bits per heavy atom. The van der Waals surface area contributed by atoms with Crippen LogP contribution in [0.5, 0.6) is 0 Å². The summed E-state index contributed by atoms with van der Waals surface area (Å²) in [5.74, 6) is 2.27. The monoisotopic (exact) mass is 463 g/mol. The Balaban J connectivity index is 0.00000288. The lowest BCUT2D eigenvalue weighted by Gasteiger charge is -2.10. The van der Waals surface area contributed by atoms with Crippen LogP contribution >= 0.6 is 35.3 Å². The fourth-order valence-electron chi connectivity index (χ4n) is 2.20. The summed E-state index contributed by atoms with van der Waals surface area (Å²) in [7, 11) is 0. The quantitative estimate of drug-likeness (QED) is 0.391. The Morgan fingerprint density at radius 2 is 1.88 bits per heavy atom. The average molecular weight is 463 g/mol. The number of aryl methyl sites for hydroxylation is 4. The highest BCUT2D eigenvalue weighted by Gasteiger charge is 2.07. The SMILES string of the molecule is CCNC(=NCc1nc(C)c(C)o1)NCCc1sc(C)nc1C.I. The van der Waals surface area contributed by atoms with Crippen LogP contribution in [0.3, 0.4) is 0 Å². The normalized spacial score (nSPS) is 11.3. The first-order valence-corrected chi connectivity index (χ1v) is 8.69. The van der Waals surface area contributed by atoms with Gasteiger partial charge >= 0.3 is 0 Å². The maximum absolute atomic E-state index is 5.55. The van der Waals surface area contributed by atoms with E-state index in [2.05, 4.69) is 32.5 Å². The van der Waals surface area contributed by atoms with Gasteiger partial charge in [0.25, 0.3) is 0 Å². The van der Waals surface area contributed by atoms with Gasteiger partial charge in [-0.15, -0.1) is 35.3 Å². The average Bonchev–Trinajstić information content (AvgIpc) is 2.98. The summed E-state index contributed by atoms with van der Waals surface area (Å²) in [6.07, 6.45) is 0.943. The fraction of sp³-hybridized carbons (Fsp3) is 0.562. The third-order valence-electron chi connectivity index (χ3n) is 3.43. The van der Waals surface area contributed by atoms with Crippen molar-refractivity contribution in [3.8, 4) is 0 Å². The van der Waals surface area contributed by atoms with E-state index in [1.165, 1.54) is 4.88 Å². The molecule has 0 unspecified atom stereocenters. The van der Waals surface area contributed by atoms with E-state index in [1.807, 2.05) is 27.7 Å². The smallest absolute Gasteiger partial charge is 0.216 e. The Hall–Kier alpha value is -1.16. The molecule has 0 radical (unpaired) electrons. The number of aromatic nitrogens is 2. The number of nitrogens with one attached hydrogen (secondary N) is 2. The van der Waals surface area contributed by atoms with Crippen LogP contribution in [0.2, 0.25) is 0 Å². The Morgan fingerprint density at radius 3 is 2.42 bits per heavy atom. The number of thiazole rings is 1. The molecule has 134 valence electrons. The Bertz CT molecular complexity index is 661. The molecule has 0 aliphatic rings. The van der Waals surface area contributed by atoms with Crippen molar-refractivity contribution in [2.75, 3.05) is 13.1 Å². The molecule has 0 saturated carbocycles. The van der Waals surface area contributed by atoms with Crippen LogP contribution < -0.4 is 10.6 Å². The van der Waals surface area contributed by atoms with Crippen molar-refractivity contribution in [1.82, 2.24) is 20.6 Å².